The molecular formula is C18H13NO3. The van der Waals surface area contributed by atoms with E-state index in [0.717, 1.165) is 0 Å². The highest BCUT2D eigenvalue weighted by atomic mass is 16.5. The molecule has 108 valence electrons. The lowest BCUT2D eigenvalue weighted by Crippen LogP contribution is -2.11. The van der Waals surface area contributed by atoms with E-state index in [1.165, 1.54) is 0 Å². The summed E-state index contributed by atoms with van der Waals surface area (Å²) in [6.45, 7) is 1.63. The fraction of sp³-hybridized carbons (Fsp3) is 0.0556. The van der Waals surface area contributed by atoms with E-state index in [0.29, 0.717) is 16.9 Å². The first-order chi connectivity index (χ1) is 10.7. The number of benzene rings is 2. The summed E-state index contributed by atoms with van der Waals surface area (Å²) in [5.74, 6) is -0.247. The second-order valence-corrected chi connectivity index (χ2v) is 4.85. The first-order valence-corrected chi connectivity index (χ1v) is 6.84. The average molecular weight is 291 g/mol. The van der Waals surface area contributed by atoms with Gasteiger partial charge in [-0.05, 0) is 6.92 Å². The molecule has 0 saturated heterocycles. The maximum absolute atomic E-state index is 12.6. The third-order valence-corrected chi connectivity index (χ3v) is 3.38. The van der Waals surface area contributed by atoms with Crippen molar-refractivity contribution >= 4 is 11.6 Å². The summed E-state index contributed by atoms with van der Waals surface area (Å²) in [6.07, 6.45) is 0. The van der Waals surface area contributed by atoms with Crippen LogP contribution in [0.5, 0.6) is 0 Å². The van der Waals surface area contributed by atoms with Crippen molar-refractivity contribution in [1.82, 2.24) is 5.16 Å². The summed E-state index contributed by atoms with van der Waals surface area (Å²) in [4.78, 5) is 25.2. The summed E-state index contributed by atoms with van der Waals surface area (Å²) in [7, 11) is 0. The highest BCUT2D eigenvalue weighted by Gasteiger charge is 2.26. The van der Waals surface area contributed by atoms with Crippen molar-refractivity contribution in [3.63, 3.8) is 0 Å². The summed E-state index contributed by atoms with van der Waals surface area (Å²) in [6, 6.07) is 17.5. The van der Waals surface area contributed by atoms with Crippen molar-refractivity contribution < 1.29 is 14.1 Å². The molecule has 1 aromatic heterocycles. The number of nitrogens with zero attached hydrogens (tertiary/aromatic N) is 1. The Balaban J connectivity index is 2.05. The van der Waals surface area contributed by atoms with E-state index in [4.69, 9.17) is 4.52 Å². The molecule has 0 bridgehead atoms. The van der Waals surface area contributed by atoms with Crippen LogP contribution in [0, 0.1) is 6.92 Å². The first kappa shape index (κ1) is 13.9. The zero-order valence-corrected chi connectivity index (χ0v) is 11.9. The Bertz CT molecular complexity index is 820. The minimum absolute atomic E-state index is 0.0533. The van der Waals surface area contributed by atoms with Gasteiger partial charge in [0.2, 0.25) is 5.78 Å². The highest BCUT2D eigenvalue weighted by Crippen LogP contribution is 2.21. The molecule has 1 heterocycles. The third kappa shape index (κ3) is 2.46. The first-order valence-electron chi connectivity index (χ1n) is 6.84. The minimum Gasteiger partial charge on any atom is -0.360 e. The summed E-state index contributed by atoms with van der Waals surface area (Å²) in [5.41, 5.74) is 1.24. The molecule has 0 unspecified atom stereocenters. The fourth-order valence-electron chi connectivity index (χ4n) is 2.25. The van der Waals surface area contributed by atoms with E-state index in [1.54, 1.807) is 55.5 Å². The molecule has 3 aromatic rings. The number of ketones is 2. The Morgan fingerprint density at radius 2 is 1.32 bits per heavy atom. The van der Waals surface area contributed by atoms with Crippen LogP contribution in [0.2, 0.25) is 0 Å². The van der Waals surface area contributed by atoms with Gasteiger partial charge in [0.05, 0.1) is 5.56 Å². The Hall–Kier alpha value is -3.01. The maximum atomic E-state index is 12.6. The smallest absolute Gasteiger partial charge is 0.215 e. The van der Waals surface area contributed by atoms with Gasteiger partial charge in [0, 0.05) is 11.1 Å². The number of carbonyl (C=O) groups is 2. The van der Waals surface area contributed by atoms with E-state index in [-0.39, 0.29) is 22.8 Å². The predicted octanol–water partition coefficient (Wildman–Crippen LogP) is 3.45. The van der Waals surface area contributed by atoms with E-state index < -0.39 is 0 Å². The molecule has 0 saturated carbocycles. The number of aryl methyl sites for hydroxylation is 1. The van der Waals surface area contributed by atoms with Gasteiger partial charge in [-0.3, -0.25) is 9.59 Å². The van der Waals surface area contributed by atoms with E-state index >= 15 is 0 Å². The van der Waals surface area contributed by atoms with Gasteiger partial charge >= 0.3 is 0 Å². The zero-order chi connectivity index (χ0) is 15.5. The number of rotatable bonds is 4. The molecule has 0 fully saturated rings. The number of hydrogen-bond acceptors (Lipinski definition) is 4. The lowest BCUT2D eigenvalue weighted by Gasteiger charge is -2.02. The number of hydrogen-bond donors (Lipinski definition) is 0. The van der Waals surface area contributed by atoms with Gasteiger partial charge in [0.15, 0.2) is 11.5 Å². The summed E-state index contributed by atoms with van der Waals surface area (Å²) >= 11 is 0. The summed E-state index contributed by atoms with van der Waals surface area (Å²) in [5, 5.41) is 3.79. The normalized spacial score (nSPS) is 10.4. The molecule has 2 aromatic carbocycles. The molecule has 0 aliphatic heterocycles. The monoisotopic (exact) mass is 291 g/mol. The van der Waals surface area contributed by atoms with Crippen molar-refractivity contribution in [1.29, 1.82) is 0 Å². The molecule has 0 N–H and O–H groups in total. The van der Waals surface area contributed by atoms with Crippen LogP contribution in [0.1, 0.15) is 37.7 Å². The zero-order valence-electron chi connectivity index (χ0n) is 11.9. The van der Waals surface area contributed by atoms with Crippen LogP contribution in [0.15, 0.2) is 65.2 Å². The van der Waals surface area contributed by atoms with Crippen molar-refractivity contribution in [2.45, 2.75) is 6.92 Å². The van der Waals surface area contributed by atoms with Crippen molar-refractivity contribution in [3.8, 4) is 0 Å². The van der Waals surface area contributed by atoms with Gasteiger partial charge in [-0.1, -0.05) is 65.8 Å². The van der Waals surface area contributed by atoms with Crippen molar-refractivity contribution in [2.24, 2.45) is 0 Å². The maximum Gasteiger partial charge on any atom is 0.215 e. The number of aromatic nitrogens is 1. The molecule has 0 atom stereocenters. The SMILES string of the molecule is Cc1onc(C(=O)c2ccccc2)c1C(=O)c1ccccc1. The van der Waals surface area contributed by atoms with Gasteiger partial charge in [-0.2, -0.15) is 0 Å². The Morgan fingerprint density at radius 1 is 0.818 bits per heavy atom. The van der Waals surface area contributed by atoms with Crippen LogP contribution >= 0.6 is 0 Å². The second kappa shape index (κ2) is 5.77. The topological polar surface area (TPSA) is 60.2 Å². The van der Waals surface area contributed by atoms with Crippen LogP contribution in [0.3, 0.4) is 0 Å². The van der Waals surface area contributed by atoms with E-state index in [2.05, 4.69) is 5.16 Å². The van der Waals surface area contributed by atoms with Crippen LogP contribution in [-0.2, 0) is 0 Å². The Kier molecular flexibility index (Phi) is 3.66. The lowest BCUT2D eigenvalue weighted by atomic mass is 9.97. The average Bonchev–Trinajstić information content (AvgIpc) is 2.96. The number of carbonyl (C=O) groups excluding carboxylic acids is 2. The van der Waals surface area contributed by atoms with E-state index in [9.17, 15) is 9.59 Å². The predicted molar refractivity (Wildman–Crippen MR) is 81.0 cm³/mol. The molecule has 4 heteroatoms. The van der Waals surface area contributed by atoms with Gasteiger partial charge in [0.1, 0.15) is 5.76 Å². The largest absolute Gasteiger partial charge is 0.360 e. The van der Waals surface area contributed by atoms with Gasteiger partial charge < -0.3 is 4.52 Å². The standard InChI is InChI=1S/C18H13NO3/c1-12-15(17(20)13-8-4-2-5-9-13)16(19-22-12)18(21)14-10-6-3-7-11-14/h2-11H,1H3. The molecule has 4 nitrogen and oxygen atoms in total. The van der Waals surface area contributed by atoms with Gasteiger partial charge in [0.25, 0.3) is 0 Å². The second-order valence-electron chi connectivity index (χ2n) is 4.85. The van der Waals surface area contributed by atoms with Crippen LogP contribution in [0.25, 0.3) is 0 Å². The Morgan fingerprint density at radius 3 is 1.86 bits per heavy atom. The van der Waals surface area contributed by atoms with Crippen molar-refractivity contribution in [3.05, 3.63) is 88.8 Å². The van der Waals surface area contributed by atoms with Crippen LogP contribution < -0.4 is 0 Å². The van der Waals surface area contributed by atoms with Crippen LogP contribution in [0.4, 0.5) is 0 Å². The molecule has 0 amide bonds. The Labute approximate surface area is 127 Å². The van der Waals surface area contributed by atoms with Gasteiger partial charge in [-0.15, -0.1) is 0 Å². The molecule has 0 spiro atoms. The van der Waals surface area contributed by atoms with Crippen LogP contribution in [-0.4, -0.2) is 16.7 Å². The molecule has 3 rings (SSSR count). The van der Waals surface area contributed by atoms with Gasteiger partial charge in [-0.25, -0.2) is 0 Å². The third-order valence-electron chi connectivity index (χ3n) is 3.38. The highest BCUT2D eigenvalue weighted by molar-refractivity contribution is 6.19. The molecule has 0 aliphatic rings. The molecular weight excluding hydrogens is 278 g/mol. The lowest BCUT2D eigenvalue weighted by molar-refractivity contribution is 0.1000. The molecule has 22 heavy (non-hydrogen) atoms. The van der Waals surface area contributed by atoms with E-state index in [1.807, 2.05) is 12.1 Å². The molecule has 0 aliphatic carbocycles. The van der Waals surface area contributed by atoms with Crippen molar-refractivity contribution in [2.75, 3.05) is 0 Å². The minimum atomic E-state index is -0.322. The fourth-order valence-corrected chi connectivity index (χ4v) is 2.25. The molecule has 0 radical (unpaired) electrons. The quantitative estimate of drug-likeness (QED) is 0.691. The summed E-state index contributed by atoms with van der Waals surface area (Å²) < 4.78 is 5.09.